The Balaban J connectivity index is 1.38. The lowest BCUT2D eigenvalue weighted by Crippen LogP contribution is -2.35. The highest BCUT2D eigenvalue weighted by atomic mass is 15.2. The van der Waals surface area contributed by atoms with Crippen molar-refractivity contribution in [2.75, 3.05) is 19.6 Å². The Bertz CT molecular complexity index is 395. The van der Waals surface area contributed by atoms with Crippen LogP contribution in [0.4, 0.5) is 0 Å². The molecule has 1 aromatic rings. The number of benzene rings is 1. The Hall–Kier alpha value is -0.860. The second kappa shape index (κ2) is 7.95. The first-order valence-electron chi connectivity index (χ1n) is 8.90. The van der Waals surface area contributed by atoms with E-state index >= 15 is 0 Å². The van der Waals surface area contributed by atoms with Crippen molar-refractivity contribution < 1.29 is 0 Å². The van der Waals surface area contributed by atoms with Crippen molar-refractivity contribution in [2.45, 2.75) is 57.5 Å². The first-order valence-corrected chi connectivity index (χ1v) is 8.90. The molecule has 0 amide bonds. The molecule has 2 fully saturated rings. The summed E-state index contributed by atoms with van der Waals surface area (Å²) in [7, 11) is 0. The smallest absolute Gasteiger partial charge is 0.0234 e. The number of nitrogens with zero attached hydrogens (tertiary/aromatic N) is 1. The fourth-order valence-corrected chi connectivity index (χ4v) is 3.89. The molecule has 0 spiro atoms. The van der Waals surface area contributed by atoms with Gasteiger partial charge in [-0.15, -0.1) is 0 Å². The third-order valence-electron chi connectivity index (χ3n) is 5.19. The highest BCUT2D eigenvalue weighted by molar-refractivity contribution is 5.14. The third kappa shape index (κ3) is 4.82. The zero-order chi connectivity index (χ0) is 14.3. The zero-order valence-corrected chi connectivity index (χ0v) is 13.3. The molecule has 1 atom stereocenters. The maximum Gasteiger partial charge on any atom is 0.0234 e. The number of hydrogen-bond acceptors (Lipinski definition) is 2. The summed E-state index contributed by atoms with van der Waals surface area (Å²) in [6.45, 7) is 4.84. The van der Waals surface area contributed by atoms with E-state index in [1.165, 1.54) is 70.1 Å². The molecule has 2 nitrogen and oxygen atoms in total. The van der Waals surface area contributed by atoms with Gasteiger partial charge in [-0.05, 0) is 37.3 Å². The van der Waals surface area contributed by atoms with E-state index in [-0.39, 0.29) is 0 Å². The van der Waals surface area contributed by atoms with Crippen LogP contribution in [0.5, 0.6) is 0 Å². The number of hydrogen-bond donors (Lipinski definition) is 1. The van der Waals surface area contributed by atoms with E-state index < -0.39 is 0 Å². The molecule has 3 rings (SSSR count). The summed E-state index contributed by atoms with van der Waals surface area (Å²) >= 11 is 0. The van der Waals surface area contributed by atoms with Crippen molar-refractivity contribution in [3.8, 4) is 0 Å². The highest BCUT2D eigenvalue weighted by Crippen LogP contribution is 2.22. The van der Waals surface area contributed by atoms with Crippen LogP contribution in [0.2, 0.25) is 0 Å². The molecule has 1 N–H and O–H groups in total. The Morgan fingerprint density at radius 2 is 1.71 bits per heavy atom. The molecule has 21 heavy (non-hydrogen) atoms. The Labute approximate surface area is 129 Å². The van der Waals surface area contributed by atoms with Crippen molar-refractivity contribution in [3.63, 3.8) is 0 Å². The number of rotatable bonds is 5. The van der Waals surface area contributed by atoms with Gasteiger partial charge in [0.2, 0.25) is 0 Å². The van der Waals surface area contributed by atoms with Gasteiger partial charge in [0.15, 0.2) is 0 Å². The predicted molar refractivity (Wildman–Crippen MR) is 89.3 cm³/mol. The van der Waals surface area contributed by atoms with Crippen LogP contribution in [0.1, 0.15) is 50.5 Å². The fourth-order valence-electron chi connectivity index (χ4n) is 3.89. The Morgan fingerprint density at radius 3 is 2.48 bits per heavy atom. The Kier molecular flexibility index (Phi) is 5.70. The highest BCUT2D eigenvalue weighted by Gasteiger charge is 2.23. The van der Waals surface area contributed by atoms with Crippen LogP contribution in [0.15, 0.2) is 30.3 Å². The van der Waals surface area contributed by atoms with Crippen LogP contribution in [0, 0.1) is 5.92 Å². The fraction of sp³-hybridized carbons (Fsp3) is 0.684. The Morgan fingerprint density at radius 1 is 0.952 bits per heavy atom. The summed E-state index contributed by atoms with van der Waals surface area (Å²) in [6, 6.07) is 11.6. The van der Waals surface area contributed by atoms with Crippen LogP contribution in [-0.4, -0.2) is 30.6 Å². The maximum absolute atomic E-state index is 3.85. The van der Waals surface area contributed by atoms with Gasteiger partial charge >= 0.3 is 0 Å². The molecule has 116 valence electrons. The predicted octanol–water partition coefficient (Wildman–Crippen LogP) is 3.82. The van der Waals surface area contributed by atoms with Crippen LogP contribution in [0.25, 0.3) is 0 Å². The normalized spacial score (nSPS) is 25.0. The molecule has 1 aromatic carbocycles. The van der Waals surface area contributed by atoms with Gasteiger partial charge in [0, 0.05) is 25.7 Å². The van der Waals surface area contributed by atoms with E-state index in [1.807, 2.05) is 0 Å². The second-order valence-electron chi connectivity index (χ2n) is 6.97. The van der Waals surface area contributed by atoms with E-state index in [9.17, 15) is 0 Å². The van der Waals surface area contributed by atoms with Crippen molar-refractivity contribution >= 4 is 0 Å². The monoisotopic (exact) mass is 286 g/mol. The molecule has 0 aromatic heterocycles. The molecule has 0 bridgehead atoms. The minimum absolute atomic E-state index is 0.719. The molecule has 1 saturated carbocycles. The maximum atomic E-state index is 3.85. The minimum Gasteiger partial charge on any atom is -0.312 e. The average molecular weight is 286 g/mol. The standard InChI is InChI=1S/C19H30N2/c1-2-5-9-17(8-4-1)14-20-19-12-13-21(16-19)15-18-10-6-3-7-11-18/h3,6-7,10-11,17,19-20H,1-2,4-5,8-9,12-16H2. The van der Waals surface area contributed by atoms with Crippen LogP contribution in [0.3, 0.4) is 0 Å². The summed E-state index contributed by atoms with van der Waals surface area (Å²) < 4.78 is 0. The van der Waals surface area contributed by atoms with E-state index in [4.69, 9.17) is 0 Å². The van der Waals surface area contributed by atoms with Crippen molar-refractivity contribution in [3.05, 3.63) is 35.9 Å². The number of likely N-dealkylation sites (tertiary alicyclic amines) is 1. The van der Waals surface area contributed by atoms with Gasteiger partial charge in [-0.1, -0.05) is 56.0 Å². The van der Waals surface area contributed by atoms with Crippen molar-refractivity contribution in [1.29, 1.82) is 0 Å². The van der Waals surface area contributed by atoms with Crippen LogP contribution < -0.4 is 5.32 Å². The van der Waals surface area contributed by atoms with Gasteiger partial charge in [-0.25, -0.2) is 0 Å². The zero-order valence-electron chi connectivity index (χ0n) is 13.3. The molecule has 1 aliphatic carbocycles. The molecule has 2 heteroatoms. The molecular weight excluding hydrogens is 256 g/mol. The van der Waals surface area contributed by atoms with Crippen LogP contribution >= 0.6 is 0 Å². The first kappa shape index (κ1) is 15.1. The summed E-state index contributed by atoms with van der Waals surface area (Å²) in [5.74, 6) is 0.940. The molecule has 1 saturated heterocycles. The summed E-state index contributed by atoms with van der Waals surface area (Å²) in [4.78, 5) is 2.60. The molecule has 1 unspecified atom stereocenters. The van der Waals surface area contributed by atoms with Gasteiger partial charge in [-0.2, -0.15) is 0 Å². The third-order valence-corrected chi connectivity index (χ3v) is 5.19. The summed E-state index contributed by atoms with van der Waals surface area (Å²) in [5, 5.41) is 3.85. The van der Waals surface area contributed by atoms with Gasteiger partial charge in [0.1, 0.15) is 0 Å². The topological polar surface area (TPSA) is 15.3 Å². The summed E-state index contributed by atoms with van der Waals surface area (Å²) in [5.41, 5.74) is 1.45. The van der Waals surface area contributed by atoms with E-state index in [0.717, 1.165) is 18.5 Å². The lowest BCUT2D eigenvalue weighted by Gasteiger charge is -2.20. The van der Waals surface area contributed by atoms with Crippen molar-refractivity contribution in [2.24, 2.45) is 5.92 Å². The first-order chi connectivity index (χ1) is 10.4. The quantitative estimate of drug-likeness (QED) is 0.828. The van der Waals surface area contributed by atoms with Gasteiger partial charge in [0.05, 0.1) is 0 Å². The minimum atomic E-state index is 0.719. The molecule has 1 aliphatic heterocycles. The SMILES string of the molecule is c1ccc(CN2CCC(NCC3CCCCCC3)C2)cc1. The van der Waals surface area contributed by atoms with Gasteiger partial charge < -0.3 is 5.32 Å². The van der Waals surface area contributed by atoms with Gasteiger partial charge in [0.25, 0.3) is 0 Å². The van der Waals surface area contributed by atoms with Crippen LogP contribution in [-0.2, 0) is 6.54 Å². The van der Waals surface area contributed by atoms with E-state index in [0.29, 0.717) is 0 Å². The van der Waals surface area contributed by atoms with Gasteiger partial charge in [-0.3, -0.25) is 4.90 Å². The second-order valence-corrected chi connectivity index (χ2v) is 6.97. The number of nitrogens with one attached hydrogen (secondary N) is 1. The van der Waals surface area contributed by atoms with Crippen molar-refractivity contribution in [1.82, 2.24) is 10.2 Å². The summed E-state index contributed by atoms with van der Waals surface area (Å²) in [6.07, 6.45) is 10.1. The molecule has 1 heterocycles. The van der Waals surface area contributed by atoms with E-state index in [1.54, 1.807) is 0 Å². The van der Waals surface area contributed by atoms with E-state index in [2.05, 4.69) is 40.5 Å². The largest absolute Gasteiger partial charge is 0.312 e. The molecule has 2 aliphatic rings. The average Bonchev–Trinajstić information content (AvgIpc) is 2.80. The lowest BCUT2D eigenvalue weighted by molar-refractivity contribution is 0.314. The molecular formula is C19H30N2. The lowest BCUT2D eigenvalue weighted by atomic mass is 10.00. The molecule has 0 radical (unpaired) electrons.